The number of carbonyl (C=O) groups excluding carboxylic acids is 1. The van der Waals surface area contributed by atoms with Crippen LogP contribution in [-0.2, 0) is 17.8 Å². The molecule has 4 rings (SSSR count). The number of halogens is 2. The average molecular weight is 508 g/mol. The number of nitrogens with one attached hydrogen (secondary N) is 1. The molecular weight excluding hydrogens is 488 g/mol. The molecule has 4 aromatic rings. The van der Waals surface area contributed by atoms with Gasteiger partial charge in [0.1, 0.15) is 12.4 Å². The molecule has 4 aromatic carbocycles. The van der Waals surface area contributed by atoms with Crippen LogP contribution in [0.25, 0.3) is 10.8 Å². The van der Waals surface area contributed by atoms with Crippen molar-refractivity contribution < 1.29 is 9.53 Å². The Hall–Kier alpha value is -3.15. The van der Waals surface area contributed by atoms with Gasteiger partial charge in [-0.05, 0) is 52.2 Å². The Bertz CT molecular complexity index is 1270. The summed E-state index contributed by atoms with van der Waals surface area (Å²) < 4.78 is 7.06. The van der Waals surface area contributed by atoms with Crippen LogP contribution in [0.3, 0.4) is 0 Å². The highest BCUT2D eigenvalue weighted by molar-refractivity contribution is 9.10. The van der Waals surface area contributed by atoms with Crippen LogP contribution in [0.1, 0.15) is 16.7 Å². The van der Waals surface area contributed by atoms with E-state index in [2.05, 4.69) is 26.5 Å². The van der Waals surface area contributed by atoms with Gasteiger partial charge in [0.25, 0.3) is 0 Å². The van der Waals surface area contributed by atoms with Gasteiger partial charge in [-0.25, -0.2) is 5.43 Å². The Morgan fingerprint density at radius 3 is 2.59 bits per heavy atom. The summed E-state index contributed by atoms with van der Waals surface area (Å²) in [4.78, 5) is 12.3. The molecule has 0 heterocycles. The van der Waals surface area contributed by atoms with Crippen molar-refractivity contribution in [2.24, 2.45) is 5.10 Å². The fourth-order valence-electron chi connectivity index (χ4n) is 3.32. The van der Waals surface area contributed by atoms with E-state index in [9.17, 15) is 4.79 Å². The highest BCUT2D eigenvalue weighted by atomic mass is 79.9. The lowest BCUT2D eigenvalue weighted by Crippen LogP contribution is -2.19. The second kappa shape index (κ2) is 10.4. The Labute approximate surface area is 200 Å². The summed E-state index contributed by atoms with van der Waals surface area (Å²) >= 11 is 9.48. The van der Waals surface area contributed by atoms with Crippen molar-refractivity contribution in [3.63, 3.8) is 0 Å². The highest BCUT2D eigenvalue weighted by Gasteiger charge is 2.09. The van der Waals surface area contributed by atoms with Crippen molar-refractivity contribution in [2.75, 3.05) is 0 Å². The zero-order chi connectivity index (χ0) is 22.3. The number of fused-ring (bicyclic) bond motifs is 1. The molecule has 1 N–H and O–H groups in total. The van der Waals surface area contributed by atoms with Crippen molar-refractivity contribution in [2.45, 2.75) is 13.0 Å². The normalized spacial score (nSPS) is 11.1. The van der Waals surface area contributed by atoms with Gasteiger partial charge >= 0.3 is 0 Å². The van der Waals surface area contributed by atoms with Crippen molar-refractivity contribution in [3.05, 3.63) is 111 Å². The van der Waals surface area contributed by atoms with Crippen LogP contribution in [0.4, 0.5) is 0 Å². The van der Waals surface area contributed by atoms with Gasteiger partial charge in [-0.15, -0.1) is 0 Å². The predicted molar refractivity (Wildman–Crippen MR) is 133 cm³/mol. The summed E-state index contributed by atoms with van der Waals surface area (Å²) in [7, 11) is 0. The summed E-state index contributed by atoms with van der Waals surface area (Å²) in [5.41, 5.74) is 5.30. The molecule has 4 nitrogen and oxygen atoms in total. The van der Waals surface area contributed by atoms with Crippen LogP contribution in [-0.4, -0.2) is 12.1 Å². The minimum atomic E-state index is -0.190. The minimum Gasteiger partial charge on any atom is -0.488 e. The maximum Gasteiger partial charge on any atom is 0.244 e. The lowest BCUT2D eigenvalue weighted by atomic mass is 10.0. The smallest absolute Gasteiger partial charge is 0.244 e. The van der Waals surface area contributed by atoms with Gasteiger partial charge < -0.3 is 4.74 Å². The van der Waals surface area contributed by atoms with E-state index < -0.39 is 0 Å². The SMILES string of the molecule is O=C(Cc1ccc(Br)cc1)N/N=C\c1c(OCc2cccc(Cl)c2)ccc2ccccc12. The first kappa shape index (κ1) is 22.1. The lowest BCUT2D eigenvalue weighted by molar-refractivity contribution is -0.120. The number of hydrogen-bond donors (Lipinski definition) is 1. The summed E-state index contributed by atoms with van der Waals surface area (Å²) in [5.74, 6) is 0.486. The number of rotatable bonds is 7. The molecule has 0 aliphatic rings. The Morgan fingerprint density at radius 1 is 0.969 bits per heavy atom. The summed E-state index contributed by atoms with van der Waals surface area (Å²) in [6.07, 6.45) is 1.88. The molecule has 6 heteroatoms. The topological polar surface area (TPSA) is 50.7 Å². The molecule has 1 amide bonds. The zero-order valence-corrected chi connectivity index (χ0v) is 19.4. The molecule has 0 radical (unpaired) electrons. The zero-order valence-electron chi connectivity index (χ0n) is 17.1. The van der Waals surface area contributed by atoms with Gasteiger partial charge in [-0.3, -0.25) is 4.79 Å². The van der Waals surface area contributed by atoms with Crippen molar-refractivity contribution >= 4 is 50.4 Å². The van der Waals surface area contributed by atoms with Crippen LogP contribution in [0, 0.1) is 0 Å². The fraction of sp³-hybridized carbons (Fsp3) is 0.0769. The van der Waals surface area contributed by atoms with Crippen LogP contribution >= 0.6 is 27.5 Å². The van der Waals surface area contributed by atoms with Gasteiger partial charge in [0.15, 0.2) is 0 Å². The molecule has 0 saturated carbocycles. The van der Waals surface area contributed by atoms with Crippen molar-refractivity contribution in [3.8, 4) is 5.75 Å². The molecule has 0 aromatic heterocycles. The van der Waals surface area contributed by atoms with E-state index in [1.807, 2.05) is 84.9 Å². The standard InChI is InChI=1S/C26H20BrClN2O2/c27-21-11-8-18(9-12-21)15-26(31)30-29-16-24-23-7-2-1-5-20(23)10-13-25(24)32-17-19-4-3-6-22(28)14-19/h1-14,16H,15,17H2,(H,30,31)/b29-16-. The molecule has 0 bridgehead atoms. The maximum atomic E-state index is 12.3. The molecule has 0 saturated heterocycles. The van der Waals surface area contributed by atoms with Crippen molar-refractivity contribution in [1.82, 2.24) is 5.43 Å². The number of amides is 1. The van der Waals surface area contributed by atoms with E-state index in [0.717, 1.165) is 31.9 Å². The minimum absolute atomic E-state index is 0.190. The third-order valence-corrected chi connectivity index (χ3v) is 5.64. The first-order valence-electron chi connectivity index (χ1n) is 10.0. The lowest BCUT2D eigenvalue weighted by Gasteiger charge is -2.12. The molecular formula is C26H20BrClN2O2. The van der Waals surface area contributed by atoms with E-state index in [0.29, 0.717) is 17.4 Å². The van der Waals surface area contributed by atoms with Gasteiger partial charge in [-0.2, -0.15) is 5.10 Å². The molecule has 0 fully saturated rings. The van der Waals surface area contributed by atoms with Gasteiger partial charge in [0, 0.05) is 15.1 Å². The number of hydrogen-bond acceptors (Lipinski definition) is 3. The van der Waals surface area contributed by atoms with Crippen LogP contribution in [0.2, 0.25) is 5.02 Å². The summed E-state index contributed by atoms with van der Waals surface area (Å²) in [6.45, 7) is 0.371. The van der Waals surface area contributed by atoms with E-state index in [4.69, 9.17) is 16.3 Å². The monoisotopic (exact) mass is 506 g/mol. The summed E-state index contributed by atoms with van der Waals surface area (Å²) in [5, 5.41) is 6.92. The van der Waals surface area contributed by atoms with E-state index in [-0.39, 0.29) is 12.3 Å². The molecule has 0 unspecified atom stereocenters. The Kier molecular flexibility index (Phi) is 7.20. The molecule has 32 heavy (non-hydrogen) atoms. The van der Waals surface area contributed by atoms with Crippen LogP contribution in [0.5, 0.6) is 5.75 Å². The number of nitrogens with zero attached hydrogens (tertiary/aromatic N) is 1. The maximum absolute atomic E-state index is 12.3. The molecule has 0 spiro atoms. The van der Waals surface area contributed by atoms with E-state index in [1.54, 1.807) is 6.21 Å². The quantitative estimate of drug-likeness (QED) is 0.228. The van der Waals surface area contributed by atoms with Gasteiger partial charge in [-0.1, -0.05) is 82.1 Å². The Morgan fingerprint density at radius 2 is 1.78 bits per heavy atom. The molecule has 160 valence electrons. The number of carbonyl (C=O) groups is 1. The molecule has 0 aliphatic heterocycles. The summed E-state index contributed by atoms with van der Waals surface area (Å²) in [6, 6.07) is 27.1. The number of hydrazone groups is 1. The first-order valence-corrected chi connectivity index (χ1v) is 11.2. The average Bonchev–Trinajstić information content (AvgIpc) is 2.80. The fourth-order valence-corrected chi connectivity index (χ4v) is 3.80. The predicted octanol–water partition coefficient (Wildman–Crippen LogP) is 6.53. The van der Waals surface area contributed by atoms with Gasteiger partial charge in [0.05, 0.1) is 12.6 Å². The Balaban J connectivity index is 1.52. The van der Waals surface area contributed by atoms with Crippen molar-refractivity contribution in [1.29, 1.82) is 0 Å². The third kappa shape index (κ3) is 5.75. The van der Waals surface area contributed by atoms with Crippen LogP contribution < -0.4 is 10.2 Å². The largest absolute Gasteiger partial charge is 0.488 e. The molecule has 0 aliphatic carbocycles. The second-order valence-electron chi connectivity index (χ2n) is 7.21. The molecule has 0 atom stereocenters. The van der Waals surface area contributed by atoms with E-state index in [1.165, 1.54) is 0 Å². The third-order valence-electron chi connectivity index (χ3n) is 4.87. The number of benzene rings is 4. The van der Waals surface area contributed by atoms with Gasteiger partial charge in [0.2, 0.25) is 5.91 Å². The first-order chi connectivity index (χ1) is 15.6. The second-order valence-corrected chi connectivity index (χ2v) is 8.57. The number of ether oxygens (including phenoxy) is 1. The van der Waals surface area contributed by atoms with Crippen LogP contribution in [0.15, 0.2) is 94.5 Å². The van der Waals surface area contributed by atoms with E-state index >= 15 is 0 Å². The highest BCUT2D eigenvalue weighted by Crippen LogP contribution is 2.27.